The Morgan fingerprint density at radius 2 is 1.88 bits per heavy atom. The van der Waals surface area contributed by atoms with Crippen LogP contribution in [-0.4, -0.2) is 13.0 Å². The third-order valence-electron chi connectivity index (χ3n) is 1.98. The molecule has 0 saturated carbocycles. The van der Waals surface area contributed by atoms with Gasteiger partial charge in [0.2, 0.25) is 0 Å². The molecule has 5 nitrogen and oxygen atoms in total. The number of nitrogens with one attached hydrogen (secondary N) is 1. The minimum absolute atomic E-state index is 0.131. The van der Waals surface area contributed by atoms with E-state index in [9.17, 15) is 0 Å². The standard InChI is InChI=1S/C10H13Cl2N5/c1-16-8(9(13)17-10(14)15)5-3-2-4-6(11)7(5)12/h2-4,16H,13H2,1H3,(H4,14,15,17)/b9-8-. The molecule has 1 aromatic rings. The van der Waals surface area contributed by atoms with E-state index in [1.165, 1.54) is 0 Å². The number of hydrogen-bond donors (Lipinski definition) is 4. The molecule has 0 fully saturated rings. The molecule has 0 aliphatic rings. The highest BCUT2D eigenvalue weighted by molar-refractivity contribution is 6.43. The van der Waals surface area contributed by atoms with E-state index in [1.54, 1.807) is 25.2 Å². The molecule has 17 heavy (non-hydrogen) atoms. The Hall–Kier alpha value is -1.59. The molecule has 0 bridgehead atoms. The molecule has 0 spiro atoms. The molecule has 0 atom stereocenters. The number of hydrogen-bond acceptors (Lipinski definition) is 3. The monoisotopic (exact) mass is 273 g/mol. The van der Waals surface area contributed by atoms with Crippen LogP contribution in [-0.2, 0) is 0 Å². The van der Waals surface area contributed by atoms with Gasteiger partial charge in [-0.1, -0.05) is 35.3 Å². The van der Waals surface area contributed by atoms with Gasteiger partial charge in [-0.25, -0.2) is 0 Å². The van der Waals surface area contributed by atoms with Gasteiger partial charge in [-0.2, -0.15) is 4.99 Å². The van der Waals surface area contributed by atoms with E-state index in [-0.39, 0.29) is 11.8 Å². The Morgan fingerprint density at radius 3 is 2.41 bits per heavy atom. The van der Waals surface area contributed by atoms with E-state index in [0.717, 1.165) is 0 Å². The van der Waals surface area contributed by atoms with Gasteiger partial charge in [0.25, 0.3) is 0 Å². The van der Waals surface area contributed by atoms with Crippen molar-refractivity contribution < 1.29 is 0 Å². The molecular formula is C10H13Cl2N5. The fourth-order valence-electron chi connectivity index (χ4n) is 1.29. The molecule has 0 saturated heterocycles. The first-order chi connectivity index (χ1) is 7.97. The van der Waals surface area contributed by atoms with Crippen LogP contribution in [0.1, 0.15) is 5.56 Å². The second-order valence-electron chi connectivity index (χ2n) is 3.15. The highest BCUT2D eigenvalue weighted by Crippen LogP contribution is 2.30. The zero-order valence-electron chi connectivity index (χ0n) is 9.17. The van der Waals surface area contributed by atoms with Crippen molar-refractivity contribution in [1.82, 2.24) is 5.32 Å². The van der Waals surface area contributed by atoms with Crippen LogP contribution in [0, 0.1) is 0 Å². The van der Waals surface area contributed by atoms with Crippen molar-refractivity contribution in [3.63, 3.8) is 0 Å². The van der Waals surface area contributed by atoms with Crippen molar-refractivity contribution in [2.24, 2.45) is 22.2 Å². The van der Waals surface area contributed by atoms with Crippen LogP contribution in [0.25, 0.3) is 5.70 Å². The van der Waals surface area contributed by atoms with Gasteiger partial charge in [-0.15, -0.1) is 0 Å². The van der Waals surface area contributed by atoms with Gasteiger partial charge in [-0.05, 0) is 6.07 Å². The van der Waals surface area contributed by atoms with Crippen molar-refractivity contribution in [2.45, 2.75) is 0 Å². The first-order valence-electron chi connectivity index (χ1n) is 4.69. The summed E-state index contributed by atoms with van der Waals surface area (Å²) in [5, 5.41) is 3.69. The average Bonchev–Trinajstić information content (AvgIpc) is 2.24. The third-order valence-corrected chi connectivity index (χ3v) is 2.80. The largest absolute Gasteiger partial charge is 0.385 e. The van der Waals surface area contributed by atoms with Gasteiger partial charge >= 0.3 is 0 Å². The Bertz CT molecular complexity index is 478. The number of benzene rings is 1. The molecule has 0 heterocycles. The minimum atomic E-state index is -0.131. The Balaban J connectivity index is 3.37. The van der Waals surface area contributed by atoms with Crippen molar-refractivity contribution in [1.29, 1.82) is 0 Å². The first kappa shape index (κ1) is 13.5. The van der Waals surface area contributed by atoms with Crippen molar-refractivity contribution in [3.8, 4) is 0 Å². The predicted molar refractivity (Wildman–Crippen MR) is 72.4 cm³/mol. The minimum Gasteiger partial charge on any atom is -0.385 e. The van der Waals surface area contributed by atoms with Crippen molar-refractivity contribution >= 4 is 34.9 Å². The lowest BCUT2D eigenvalue weighted by Crippen LogP contribution is -2.24. The summed E-state index contributed by atoms with van der Waals surface area (Å²) in [4.78, 5) is 3.76. The topological polar surface area (TPSA) is 102 Å². The number of nitrogens with zero attached hydrogens (tertiary/aromatic N) is 1. The van der Waals surface area contributed by atoms with Crippen LogP contribution in [0.5, 0.6) is 0 Å². The summed E-state index contributed by atoms with van der Waals surface area (Å²) in [6.45, 7) is 0. The SMILES string of the molecule is CN/C(=C(/N)N=C(N)N)c1cccc(Cl)c1Cl. The van der Waals surface area contributed by atoms with Gasteiger partial charge in [0.05, 0.1) is 15.7 Å². The summed E-state index contributed by atoms with van der Waals surface area (Å²) < 4.78 is 0. The second kappa shape index (κ2) is 5.65. The Labute approximate surface area is 109 Å². The molecule has 0 unspecified atom stereocenters. The molecule has 1 aromatic carbocycles. The Morgan fingerprint density at radius 1 is 1.24 bits per heavy atom. The van der Waals surface area contributed by atoms with E-state index in [2.05, 4.69) is 10.3 Å². The van der Waals surface area contributed by atoms with Gasteiger partial charge in [0, 0.05) is 12.6 Å². The number of halogens is 2. The highest BCUT2D eigenvalue weighted by Gasteiger charge is 2.11. The average molecular weight is 274 g/mol. The van der Waals surface area contributed by atoms with Gasteiger partial charge in [-0.3, -0.25) is 0 Å². The predicted octanol–water partition coefficient (Wildman–Crippen LogP) is 1.07. The fraction of sp³-hybridized carbons (Fsp3) is 0.100. The number of guanidine groups is 1. The molecular weight excluding hydrogens is 261 g/mol. The first-order valence-corrected chi connectivity index (χ1v) is 5.44. The number of nitrogens with two attached hydrogens (primary N) is 3. The smallest absolute Gasteiger partial charge is 0.192 e. The lowest BCUT2D eigenvalue weighted by atomic mass is 10.1. The van der Waals surface area contributed by atoms with Crippen LogP contribution in [0.3, 0.4) is 0 Å². The molecule has 0 aromatic heterocycles. The maximum absolute atomic E-state index is 6.07. The summed E-state index contributed by atoms with van der Waals surface area (Å²) in [5.74, 6) is 0.00469. The summed E-state index contributed by atoms with van der Waals surface area (Å²) >= 11 is 12.0. The summed E-state index contributed by atoms with van der Waals surface area (Å²) in [7, 11) is 1.68. The molecule has 0 aliphatic heterocycles. The highest BCUT2D eigenvalue weighted by atomic mass is 35.5. The fourth-order valence-corrected chi connectivity index (χ4v) is 1.69. The molecule has 7 N–H and O–H groups in total. The summed E-state index contributed by atoms with van der Waals surface area (Å²) in [6, 6.07) is 5.19. The Kier molecular flexibility index (Phi) is 4.48. The van der Waals surface area contributed by atoms with Crippen LogP contribution < -0.4 is 22.5 Å². The molecule has 0 aliphatic carbocycles. The normalized spacial score (nSPS) is 11.7. The van der Waals surface area contributed by atoms with Gasteiger partial charge in [0.1, 0.15) is 0 Å². The zero-order chi connectivity index (χ0) is 13.0. The lowest BCUT2D eigenvalue weighted by molar-refractivity contribution is 1.07. The van der Waals surface area contributed by atoms with Crippen LogP contribution >= 0.6 is 23.2 Å². The van der Waals surface area contributed by atoms with E-state index >= 15 is 0 Å². The van der Waals surface area contributed by atoms with E-state index < -0.39 is 0 Å². The lowest BCUT2D eigenvalue weighted by Gasteiger charge is -2.11. The molecule has 1 rings (SSSR count). The van der Waals surface area contributed by atoms with E-state index in [4.69, 9.17) is 40.4 Å². The van der Waals surface area contributed by atoms with E-state index in [0.29, 0.717) is 21.3 Å². The summed E-state index contributed by atoms with van der Waals surface area (Å²) in [6.07, 6.45) is 0. The van der Waals surface area contributed by atoms with Crippen molar-refractivity contribution in [3.05, 3.63) is 39.6 Å². The van der Waals surface area contributed by atoms with Crippen LogP contribution in [0.2, 0.25) is 10.0 Å². The van der Waals surface area contributed by atoms with E-state index in [1.807, 2.05) is 0 Å². The van der Waals surface area contributed by atoms with Crippen LogP contribution in [0.15, 0.2) is 29.0 Å². The second-order valence-corrected chi connectivity index (χ2v) is 3.93. The molecule has 0 radical (unpaired) electrons. The summed E-state index contributed by atoms with van der Waals surface area (Å²) in [5.41, 5.74) is 17.4. The maximum atomic E-state index is 6.07. The zero-order valence-corrected chi connectivity index (χ0v) is 10.7. The molecule has 0 amide bonds. The van der Waals surface area contributed by atoms with Crippen LogP contribution in [0.4, 0.5) is 0 Å². The third kappa shape index (κ3) is 3.18. The van der Waals surface area contributed by atoms with Gasteiger partial charge in [0.15, 0.2) is 11.8 Å². The maximum Gasteiger partial charge on any atom is 0.192 e. The van der Waals surface area contributed by atoms with Crippen molar-refractivity contribution in [2.75, 3.05) is 7.05 Å². The molecule has 92 valence electrons. The quantitative estimate of drug-likeness (QED) is 0.489. The molecule has 7 heteroatoms. The number of rotatable bonds is 3. The number of aliphatic imine (C=N–C) groups is 1. The van der Waals surface area contributed by atoms with Gasteiger partial charge < -0.3 is 22.5 Å².